The Hall–Kier alpha value is -3.64. The summed E-state index contributed by atoms with van der Waals surface area (Å²) < 4.78 is 26.8. The van der Waals surface area contributed by atoms with Crippen molar-refractivity contribution in [3.63, 3.8) is 0 Å². The van der Waals surface area contributed by atoms with Gasteiger partial charge < -0.3 is 20.1 Å². The Labute approximate surface area is 204 Å². The number of rotatable bonds is 9. The second-order valence-corrected chi connectivity index (χ2v) is 8.39. The van der Waals surface area contributed by atoms with Gasteiger partial charge in [0.15, 0.2) is 0 Å². The summed E-state index contributed by atoms with van der Waals surface area (Å²) in [6.07, 6.45) is 0.341. The molecule has 1 unspecified atom stereocenters. The molecule has 0 aliphatic carbocycles. The number of amides is 2. The molecule has 34 heavy (non-hydrogen) atoms. The van der Waals surface area contributed by atoms with Crippen molar-refractivity contribution >= 4 is 17.5 Å². The summed E-state index contributed by atoms with van der Waals surface area (Å²) in [7, 11) is 1.60. The van der Waals surface area contributed by atoms with Crippen LogP contribution in [0.2, 0.25) is 0 Å². The summed E-state index contributed by atoms with van der Waals surface area (Å²) in [6, 6.07) is 23.9. The van der Waals surface area contributed by atoms with Gasteiger partial charge in [0.05, 0.1) is 25.2 Å². The van der Waals surface area contributed by atoms with Crippen LogP contribution >= 0.6 is 0 Å². The van der Waals surface area contributed by atoms with Gasteiger partial charge in [-0.25, -0.2) is 0 Å². The molecule has 1 aliphatic rings. The van der Waals surface area contributed by atoms with Crippen LogP contribution < -0.4 is 15.0 Å². The zero-order valence-corrected chi connectivity index (χ0v) is 19.0. The summed E-state index contributed by atoms with van der Waals surface area (Å²) in [6.45, 7) is -2.62. The number of hydrogen-bond donors (Lipinski definition) is 2. The fourth-order valence-electron chi connectivity index (χ4n) is 4.44. The van der Waals surface area contributed by atoms with E-state index in [4.69, 9.17) is 8.85 Å². The van der Waals surface area contributed by atoms with E-state index in [2.05, 4.69) is 5.32 Å². The topological polar surface area (TPSA) is 78.9 Å². The van der Waals surface area contributed by atoms with Crippen LogP contribution in [0.25, 0.3) is 0 Å². The van der Waals surface area contributed by atoms with Crippen molar-refractivity contribution in [3.8, 4) is 5.75 Å². The van der Waals surface area contributed by atoms with Gasteiger partial charge in [0.2, 0.25) is 11.8 Å². The second-order valence-electron chi connectivity index (χ2n) is 8.39. The maximum atomic E-state index is 13.3. The Kier molecular flexibility index (Phi) is 6.13. The monoisotopic (exact) mass is 464 g/mol. The summed E-state index contributed by atoms with van der Waals surface area (Å²) in [5, 5.41) is 13.0. The molecule has 0 radical (unpaired) electrons. The zero-order chi connectivity index (χ0) is 26.6. The Morgan fingerprint density at radius 3 is 2.44 bits per heavy atom. The molecule has 0 bridgehead atoms. The molecule has 6 heteroatoms. The van der Waals surface area contributed by atoms with Crippen molar-refractivity contribution in [2.75, 3.05) is 12.0 Å². The van der Waals surface area contributed by atoms with E-state index in [1.165, 1.54) is 0 Å². The highest BCUT2D eigenvalue weighted by Gasteiger charge is 2.48. The largest absolute Gasteiger partial charge is 0.497 e. The molecule has 0 spiro atoms. The maximum Gasteiger partial charge on any atom is 0.233 e. The highest BCUT2D eigenvalue weighted by Crippen LogP contribution is 2.46. The van der Waals surface area contributed by atoms with Gasteiger partial charge in [0.1, 0.15) is 5.75 Å². The van der Waals surface area contributed by atoms with Gasteiger partial charge in [-0.3, -0.25) is 9.59 Å². The standard InChI is InChI=1S/C28H30N2O4/c1-19(31)29-18-20-8-12-23(13-9-20)30-27(22-10-14-24(34-2)15-11-22)25(28(30)33)16-17-26(32)21-6-4-3-5-7-21/h3-15,25-27,32H,16-18H2,1-2H3,(H,29,31)/t25?,26-,27+/m0/s1/i1T3. The molecule has 3 aromatic carbocycles. The molecule has 3 aromatic rings. The first-order valence-corrected chi connectivity index (χ1v) is 11.3. The molecule has 1 aliphatic heterocycles. The zero-order valence-electron chi connectivity index (χ0n) is 22.0. The molecular formula is C28H30N2O4. The molecule has 2 N–H and O–H groups in total. The number of carbonyl (C=O) groups is 2. The predicted octanol–water partition coefficient (Wildman–Crippen LogP) is 4.55. The van der Waals surface area contributed by atoms with Gasteiger partial charge in [0, 0.05) is 23.2 Å². The molecule has 2 amide bonds. The third-order valence-corrected chi connectivity index (χ3v) is 6.27. The first-order valence-electron chi connectivity index (χ1n) is 12.8. The number of hydrogen-bond acceptors (Lipinski definition) is 4. The van der Waals surface area contributed by atoms with Gasteiger partial charge in [-0.15, -0.1) is 0 Å². The van der Waals surface area contributed by atoms with Crippen LogP contribution in [0, 0.1) is 5.92 Å². The Balaban J connectivity index is 1.50. The van der Waals surface area contributed by atoms with Gasteiger partial charge in [0.25, 0.3) is 0 Å². The second kappa shape index (κ2) is 10.5. The molecule has 6 nitrogen and oxygen atoms in total. The van der Waals surface area contributed by atoms with Crippen LogP contribution in [0.1, 0.15) is 52.6 Å². The van der Waals surface area contributed by atoms with Crippen molar-refractivity contribution < 1.29 is 23.5 Å². The van der Waals surface area contributed by atoms with Gasteiger partial charge in [-0.05, 0) is 53.8 Å². The Bertz CT molecular complexity index is 1210. The third kappa shape index (κ3) is 5.13. The summed E-state index contributed by atoms with van der Waals surface area (Å²) >= 11 is 0. The fourth-order valence-corrected chi connectivity index (χ4v) is 4.44. The van der Waals surface area contributed by atoms with E-state index in [-0.39, 0.29) is 24.4 Å². The number of aliphatic hydroxyl groups is 1. The number of carbonyl (C=O) groups excluding carboxylic acids is 2. The van der Waals surface area contributed by atoms with E-state index in [0.29, 0.717) is 18.5 Å². The molecule has 176 valence electrons. The number of ether oxygens (including phenoxy) is 1. The van der Waals surface area contributed by atoms with Crippen molar-refractivity contribution in [1.29, 1.82) is 0 Å². The van der Waals surface area contributed by atoms with Crippen LogP contribution in [-0.2, 0) is 16.1 Å². The average molecular weight is 465 g/mol. The van der Waals surface area contributed by atoms with Crippen LogP contribution in [-0.4, -0.2) is 24.0 Å². The van der Waals surface area contributed by atoms with E-state index in [1.807, 2.05) is 54.6 Å². The van der Waals surface area contributed by atoms with E-state index in [1.54, 1.807) is 36.3 Å². The molecule has 0 saturated carbocycles. The molecule has 3 atom stereocenters. The number of nitrogens with zero attached hydrogens (tertiary/aromatic N) is 1. The van der Waals surface area contributed by atoms with Gasteiger partial charge in [-0.1, -0.05) is 54.6 Å². The first kappa shape index (κ1) is 19.8. The smallest absolute Gasteiger partial charge is 0.233 e. The lowest BCUT2D eigenvalue weighted by atomic mass is 9.78. The number of anilines is 1. The molecule has 0 aromatic heterocycles. The maximum absolute atomic E-state index is 13.3. The number of nitrogens with one attached hydrogen (secondary N) is 1. The van der Waals surface area contributed by atoms with Crippen molar-refractivity contribution in [3.05, 3.63) is 95.6 Å². The molecule has 4 rings (SSSR count). The van der Waals surface area contributed by atoms with Crippen LogP contribution in [0.3, 0.4) is 0 Å². The summed E-state index contributed by atoms with van der Waals surface area (Å²) in [5.74, 6) is -0.593. The van der Waals surface area contributed by atoms with Crippen molar-refractivity contribution in [1.82, 2.24) is 5.32 Å². The number of β-lactam (4-membered cyclic amide) rings is 1. The minimum absolute atomic E-state index is 0.0236. The fraction of sp³-hybridized carbons (Fsp3) is 0.286. The van der Waals surface area contributed by atoms with E-state index >= 15 is 0 Å². The Morgan fingerprint density at radius 2 is 1.79 bits per heavy atom. The molecule has 1 saturated heterocycles. The predicted molar refractivity (Wildman–Crippen MR) is 131 cm³/mol. The lowest BCUT2D eigenvalue weighted by molar-refractivity contribution is -0.131. The Morgan fingerprint density at radius 1 is 1.09 bits per heavy atom. The highest BCUT2D eigenvalue weighted by atomic mass is 16.5. The molecule has 1 fully saturated rings. The van der Waals surface area contributed by atoms with Crippen LogP contribution in [0.15, 0.2) is 78.9 Å². The van der Waals surface area contributed by atoms with E-state index < -0.39 is 18.9 Å². The lowest BCUT2D eigenvalue weighted by Gasteiger charge is -2.48. The van der Waals surface area contributed by atoms with Crippen LogP contribution in [0.5, 0.6) is 5.75 Å². The quantitative estimate of drug-likeness (QED) is 0.456. The normalized spacial score (nSPS) is 19.9. The number of benzene rings is 3. The van der Waals surface area contributed by atoms with Crippen LogP contribution in [0.4, 0.5) is 5.69 Å². The lowest BCUT2D eigenvalue weighted by Crippen LogP contribution is -2.55. The van der Waals surface area contributed by atoms with Crippen molar-refractivity contribution in [2.45, 2.75) is 38.4 Å². The minimum atomic E-state index is -2.70. The minimum Gasteiger partial charge on any atom is -0.497 e. The highest BCUT2D eigenvalue weighted by molar-refractivity contribution is 6.03. The van der Waals surface area contributed by atoms with Crippen molar-refractivity contribution in [2.24, 2.45) is 5.92 Å². The van der Waals surface area contributed by atoms with Gasteiger partial charge in [-0.2, -0.15) is 0 Å². The summed E-state index contributed by atoms with van der Waals surface area (Å²) in [5.41, 5.74) is 3.22. The average Bonchev–Trinajstić information content (AvgIpc) is 2.91. The molecular weight excluding hydrogens is 428 g/mol. The molecule has 1 heterocycles. The number of aliphatic hydroxyl groups excluding tert-OH is 1. The van der Waals surface area contributed by atoms with E-state index in [0.717, 1.165) is 22.4 Å². The first-order chi connectivity index (χ1) is 17.7. The van der Waals surface area contributed by atoms with Gasteiger partial charge >= 0.3 is 0 Å². The number of methoxy groups -OCH3 is 1. The third-order valence-electron chi connectivity index (χ3n) is 6.27. The summed E-state index contributed by atoms with van der Waals surface area (Å²) in [4.78, 5) is 26.7. The SMILES string of the molecule is [3H]C([3H])([3H])C(=O)NCc1ccc(N2C(=O)C(CC[C@H](O)c3ccccc3)[C@H]2c2ccc(OC)cc2)cc1. The van der Waals surface area contributed by atoms with E-state index in [9.17, 15) is 14.7 Å².